The highest BCUT2D eigenvalue weighted by atomic mass is 32.2. The Hall–Kier alpha value is -2.99. The molecule has 0 saturated heterocycles. The summed E-state index contributed by atoms with van der Waals surface area (Å²) in [4.78, 5) is 22.9. The fourth-order valence-electron chi connectivity index (χ4n) is 2.67. The van der Waals surface area contributed by atoms with Crippen molar-refractivity contribution in [1.82, 2.24) is 5.32 Å². The number of benzene rings is 2. The molecule has 0 radical (unpaired) electrons. The third-order valence-electron chi connectivity index (χ3n) is 4.20. The first-order chi connectivity index (χ1) is 13.8. The lowest BCUT2D eigenvalue weighted by Gasteiger charge is -2.23. The van der Waals surface area contributed by atoms with Crippen molar-refractivity contribution in [2.45, 2.75) is 17.9 Å². The van der Waals surface area contributed by atoms with Crippen LogP contribution in [0.4, 0.5) is 11.4 Å². The van der Waals surface area contributed by atoms with Gasteiger partial charge >= 0.3 is 0 Å². The van der Waals surface area contributed by atoms with E-state index in [1.807, 2.05) is 0 Å². The molecule has 0 spiro atoms. The molecule has 162 valence electrons. The number of nitro groups is 1. The van der Waals surface area contributed by atoms with Crippen molar-refractivity contribution >= 4 is 37.1 Å². The molecule has 0 fully saturated rings. The summed E-state index contributed by atoms with van der Waals surface area (Å²) in [5.74, 6) is -0.633. The van der Waals surface area contributed by atoms with Crippen LogP contribution in [0.15, 0.2) is 53.4 Å². The average molecular weight is 456 g/mol. The summed E-state index contributed by atoms with van der Waals surface area (Å²) in [5.41, 5.74) is 0.310. The van der Waals surface area contributed by atoms with Gasteiger partial charge in [0.1, 0.15) is 6.54 Å². The highest BCUT2D eigenvalue weighted by Gasteiger charge is 2.23. The maximum atomic E-state index is 12.5. The number of non-ortho nitro benzene ring substituents is 1. The Kier molecular flexibility index (Phi) is 6.83. The Morgan fingerprint density at radius 3 is 2.20 bits per heavy atom. The van der Waals surface area contributed by atoms with Crippen LogP contribution in [-0.4, -0.2) is 46.7 Å². The summed E-state index contributed by atoms with van der Waals surface area (Å²) >= 11 is 0. The van der Waals surface area contributed by atoms with Crippen LogP contribution in [-0.2, 0) is 24.7 Å². The molecule has 0 heterocycles. The average Bonchev–Trinajstić information content (AvgIpc) is 2.64. The van der Waals surface area contributed by atoms with Crippen LogP contribution < -0.4 is 9.62 Å². The van der Waals surface area contributed by atoms with Crippen molar-refractivity contribution in [1.29, 1.82) is 0 Å². The number of nitro benzene ring substituents is 1. The van der Waals surface area contributed by atoms with Gasteiger partial charge < -0.3 is 5.32 Å². The molecule has 30 heavy (non-hydrogen) atoms. The van der Waals surface area contributed by atoms with E-state index in [2.05, 4.69) is 5.32 Å². The van der Waals surface area contributed by atoms with Crippen molar-refractivity contribution in [2.75, 3.05) is 23.4 Å². The number of nitrogens with one attached hydrogen (secondary N) is 1. The highest BCUT2D eigenvalue weighted by molar-refractivity contribution is 7.92. The van der Waals surface area contributed by atoms with E-state index >= 15 is 0 Å². The quantitative estimate of drug-likeness (QED) is 0.471. The fourth-order valence-corrected chi connectivity index (χ4v) is 4.15. The third-order valence-corrected chi connectivity index (χ3v) is 6.47. The molecule has 2 rings (SSSR count). The normalized spacial score (nSPS) is 12.8. The smallest absolute Gasteiger partial charge is 0.271 e. The van der Waals surface area contributed by atoms with E-state index in [1.54, 1.807) is 19.1 Å². The minimum atomic E-state index is -3.89. The summed E-state index contributed by atoms with van der Waals surface area (Å²) in [6.45, 7) is 1.08. The van der Waals surface area contributed by atoms with Crippen molar-refractivity contribution in [3.8, 4) is 0 Å². The summed E-state index contributed by atoms with van der Waals surface area (Å²) in [6, 6.07) is 10.4. The van der Waals surface area contributed by atoms with Crippen molar-refractivity contribution in [2.24, 2.45) is 0 Å². The van der Waals surface area contributed by atoms with Crippen LogP contribution in [0.5, 0.6) is 0 Å². The van der Waals surface area contributed by atoms with E-state index in [9.17, 15) is 31.7 Å². The SMILES string of the molecule is C[C@H](NC(=O)CN(c1cccc([N+](=O)[O-])c1)S(C)(=O)=O)c1ccc(S(C)(=O)=O)cc1. The zero-order valence-corrected chi connectivity index (χ0v) is 18.1. The van der Waals surface area contributed by atoms with Gasteiger partial charge in [-0.1, -0.05) is 18.2 Å². The minimum Gasteiger partial charge on any atom is -0.348 e. The maximum Gasteiger partial charge on any atom is 0.271 e. The number of carbonyl (C=O) groups excluding carboxylic acids is 1. The molecule has 2 aromatic rings. The Balaban J connectivity index is 2.18. The topological polar surface area (TPSA) is 144 Å². The van der Waals surface area contributed by atoms with E-state index in [1.165, 1.54) is 30.3 Å². The molecule has 0 aromatic heterocycles. The molecule has 1 atom stereocenters. The van der Waals surface area contributed by atoms with Crippen molar-refractivity contribution < 1.29 is 26.6 Å². The second-order valence-corrected chi connectivity index (χ2v) is 10.6. The molecule has 0 bridgehead atoms. The summed E-state index contributed by atoms with van der Waals surface area (Å²) in [6.07, 6.45) is 1.98. The molecule has 2 aromatic carbocycles. The van der Waals surface area contributed by atoms with Gasteiger partial charge in [-0.05, 0) is 30.7 Å². The standard InChI is InChI=1S/C18H21N3O7S2/c1-13(14-7-9-17(10-8-14)29(2,25)26)19-18(22)12-20(30(3,27)28)15-5-4-6-16(11-15)21(23)24/h4-11,13H,12H2,1-3H3,(H,19,22)/t13-/m0/s1. The summed E-state index contributed by atoms with van der Waals surface area (Å²) < 4.78 is 48.1. The number of carbonyl (C=O) groups is 1. The van der Waals surface area contributed by atoms with E-state index in [-0.39, 0.29) is 16.3 Å². The number of hydrogen-bond donors (Lipinski definition) is 1. The molecule has 0 aliphatic heterocycles. The number of sulfonamides is 1. The van der Waals surface area contributed by atoms with Crippen LogP contribution >= 0.6 is 0 Å². The van der Waals surface area contributed by atoms with Gasteiger partial charge in [0.25, 0.3) is 5.69 Å². The maximum absolute atomic E-state index is 12.5. The second kappa shape index (κ2) is 8.79. The zero-order chi connectivity index (χ0) is 22.7. The molecule has 0 aliphatic carbocycles. The zero-order valence-electron chi connectivity index (χ0n) is 16.5. The van der Waals surface area contributed by atoms with Gasteiger partial charge in [0, 0.05) is 18.4 Å². The Morgan fingerprint density at radius 1 is 1.10 bits per heavy atom. The number of amides is 1. The number of rotatable bonds is 8. The highest BCUT2D eigenvalue weighted by Crippen LogP contribution is 2.23. The van der Waals surface area contributed by atoms with Crippen LogP contribution in [0.3, 0.4) is 0 Å². The van der Waals surface area contributed by atoms with Crippen molar-refractivity contribution in [3.05, 3.63) is 64.2 Å². The van der Waals surface area contributed by atoms with E-state index in [0.717, 1.165) is 22.9 Å². The van der Waals surface area contributed by atoms with Gasteiger partial charge in [-0.15, -0.1) is 0 Å². The Bertz CT molecular complexity index is 1160. The summed E-state index contributed by atoms with van der Waals surface area (Å²) in [5, 5.41) is 13.6. The molecular weight excluding hydrogens is 434 g/mol. The van der Waals surface area contributed by atoms with Crippen LogP contribution in [0.1, 0.15) is 18.5 Å². The number of sulfone groups is 1. The van der Waals surface area contributed by atoms with Gasteiger partial charge in [0.2, 0.25) is 15.9 Å². The second-order valence-electron chi connectivity index (χ2n) is 6.68. The lowest BCUT2D eigenvalue weighted by atomic mass is 10.1. The predicted octanol–water partition coefficient (Wildman–Crippen LogP) is 1.64. The molecular formula is C18H21N3O7S2. The van der Waals surface area contributed by atoms with Gasteiger partial charge in [-0.2, -0.15) is 0 Å². The molecule has 1 N–H and O–H groups in total. The monoisotopic (exact) mass is 455 g/mol. The van der Waals surface area contributed by atoms with E-state index < -0.39 is 43.3 Å². The van der Waals surface area contributed by atoms with Gasteiger partial charge in [0.05, 0.1) is 27.8 Å². The first-order valence-corrected chi connectivity index (χ1v) is 12.3. The number of hydrogen-bond acceptors (Lipinski definition) is 7. The van der Waals surface area contributed by atoms with Crippen LogP contribution in [0, 0.1) is 10.1 Å². The first kappa shape index (κ1) is 23.3. The molecule has 12 heteroatoms. The summed E-state index contributed by atoms with van der Waals surface area (Å²) in [7, 11) is -7.24. The van der Waals surface area contributed by atoms with Crippen LogP contribution in [0.25, 0.3) is 0 Å². The molecule has 0 unspecified atom stereocenters. The van der Waals surface area contributed by atoms with Gasteiger partial charge in [-0.3, -0.25) is 19.2 Å². The minimum absolute atomic E-state index is 0.00740. The largest absolute Gasteiger partial charge is 0.348 e. The first-order valence-electron chi connectivity index (χ1n) is 8.60. The molecule has 0 saturated carbocycles. The Morgan fingerprint density at radius 2 is 1.70 bits per heavy atom. The van der Waals surface area contributed by atoms with Gasteiger partial charge in [-0.25, -0.2) is 16.8 Å². The van der Waals surface area contributed by atoms with E-state index in [4.69, 9.17) is 0 Å². The fraction of sp³-hybridized carbons (Fsp3) is 0.278. The third kappa shape index (κ3) is 6.00. The molecule has 10 nitrogen and oxygen atoms in total. The Labute approximate surface area is 174 Å². The van der Waals surface area contributed by atoms with Crippen LogP contribution in [0.2, 0.25) is 0 Å². The molecule has 0 aliphatic rings. The molecule has 1 amide bonds. The van der Waals surface area contributed by atoms with E-state index in [0.29, 0.717) is 5.56 Å². The lowest BCUT2D eigenvalue weighted by molar-refractivity contribution is -0.384. The van der Waals surface area contributed by atoms with Crippen molar-refractivity contribution in [3.63, 3.8) is 0 Å². The number of nitrogens with zero attached hydrogens (tertiary/aromatic N) is 2. The lowest BCUT2D eigenvalue weighted by Crippen LogP contribution is -2.41. The van der Waals surface area contributed by atoms with Gasteiger partial charge in [0.15, 0.2) is 9.84 Å². The number of anilines is 1. The predicted molar refractivity (Wildman–Crippen MR) is 111 cm³/mol.